The fourth-order valence-electron chi connectivity index (χ4n) is 0.875. The van der Waals surface area contributed by atoms with Gasteiger partial charge in [-0.15, -0.1) is 13.2 Å². The summed E-state index contributed by atoms with van der Waals surface area (Å²) >= 11 is 5.66. The molecule has 0 heterocycles. The molecule has 0 bridgehead atoms. The van der Waals surface area contributed by atoms with Gasteiger partial charge in [-0.3, -0.25) is 0 Å². The Balaban J connectivity index is 2.95. The van der Waals surface area contributed by atoms with E-state index in [1.807, 2.05) is 0 Å². The quantitative estimate of drug-likeness (QED) is 0.738. The molecule has 1 aromatic carbocycles. The third-order valence-electron chi connectivity index (χ3n) is 1.42. The van der Waals surface area contributed by atoms with Crippen molar-refractivity contribution in [3.05, 3.63) is 35.4 Å². The molecular weight excluding hydrogens is 217 g/mol. The van der Waals surface area contributed by atoms with Crippen LogP contribution in [-0.2, 0) is 0 Å². The highest BCUT2D eigenvalue weighted by Gasteiger charge is 2.31. The summed E-state index contributed by atoms with van der Waals surface area (Å²) in [5.74, 6) is -0.309. The Morgan fingerprint density at radius 1 is 1.36 bits per heavy atom. The first-order valence-electron chi connectivity index (χ1n) is 3.60. The predicted molar refractivity (Wildman–Crippen MR) is 48.2 cm³/mol. The minimum absolute atomic E-state index is 0.309. The molecule has 0 aromatic heterocycles. The van der Waals surface area contributed by atoms with E-state index in [1.165, 1.54) is 18.2 Å². The standard InChI is InChI=1S/C9H6ClF3O/c1-2-6-5-7(3-4-8(6)10)14-9(11,12)13/h2-5H,1H2. The number of ether oxygens (including phenoxy) is 1. The number of benzene rings is 1. The highest BCUT2D eigenvalue weighted by atomic mass is 35.5. The van der Waals surface area contributed by atoms with Crippen molar-refractivity contribution in [2.75, 3.05) is 0 Å². The van der Waals surface area contributed by atoms with Gasteiger partial charge in [0.15, 0.2) is 0 Å². The Kier molecular flexibility index (Phi) is 3.06. The average Bonchev–Trinajstić information content (AvgIpc) is 2.06. The summed E-state index contributed by atoms with van der Waals surface area (Å²) in [5.41, 5.74) is 0.397. The topological polar surface area (TPSA) is 9.23 Å². The van der Waals surface area contributed by atoms with Gasteiger partial charge < -0.3 is 4.74 Å². The average molecular weight is 223 g/mol. The van der Waals surface area contributed by atoms with E-state index in [9.17, 15) is 13.2 Å². The maximum atomic E-state index is 11.8. The van der Waals surface area contributed by atoms with Crippen LogP contribution in [0.2, 0.25) is 5.02 Å². The molecule has 0 N–H and O–H groups in total. The van der Waals surface area contributed by atoms with Gasteiger partial charge in [0.1, 0.15) is 5.75 Å². The van der Waals surface area contributed by atoms with Crippen molar-refractivity contribution in [3.8, 4) is 5.75 Å². The number of hydrogen-bond donors (Lipinski definition) is 0. The number of hydrogen-bond acceptors (Lipinski definition) is 1. The molecule has 0 fully saturated rings. The minimum Gasteiger partial charge on any atom is -0.406 e. The smallest absolute Gasteiger partial charge is 0.406 e. The lowest BCUT2D eigenvalue weighted by Gasteiger charge is -2.09. The van der Waals surface area contributed by atoms with Crippen LogP contribution in [-0.4, -0.2) is 6.36 Å². The van der Waals surface area contributed by atoms with Crippen LogP contribution in [0.25, 0.3) is 6.08 Å². The lowest BCUT2D eigenvalue weighted by Crippen LogP contribution is -2.17. The first-order chi connectivity index (χ1) is 6.42. The molecule has 0 unspecified atom stereocenters. The Labute approximate surface area is 83.8 Å². The van der Waals surface area contributed by atoms with E-state index in [0.717, 1.165) is 6.07 Å². The number of alkyl halides is 3. The molecule has 0 aliphatic rings. The summed E-state index contributed by atoms with van der Waals surface area (Å²) in [6, 6.07) is 3.63. The van der Waals surface area contributed by atoms with E-state index in [1.54, 1.807) is 0 Å². The third kappa shape index (κ3) is 2.96. The van der Waals surface area contributed by atoms with E-state index in [0.29, 0.717) is 10.6 Å². The zero-order chi connectivity index (χ0) is 10.8. The van der Waals surface area contributed by atoms with Crippen LogP contribution in [0.3, 0.4) is 0 Å². The van der Waals surface area contributed by atoms with Crippen LogP contribution in [0, 0.1) is 0 Å². The summed E-state index contributed by atoms with van der Waals surface area (Å²) in [7, 11) is 0. The van der Waals surface area contributed by atoms with Gasteiger partial charge in [-0.2, -0.15) is 0 Å². The molecule has 14 heavy (non-hydrogen) atoms. The molecular formula is C9H6ClF3O. The van der Waals surface area contributed by atoms with Crippen molar-refractivity contribution in [2.24, 2.45) is 0 Å². The Morgan fingerprint density at radius 3 is 2.50 bits per heavy atom. The molecule has 1 nitrogen and oxygen atoms in total. The third-order valence-corrected chi connectivity index (χ3v) is 1.77. The van der Waals surface area contributed by atoms with E-state index in [4.69, 9.17) is 11.6 Å². The first-order valence-corrected chi connectivity index (χ1v) is 3.98. The zero-order valence-electron chi connectivity index (χ0n) is 6.94. The van der Waals surface area contributed by atoms with Crippen molar-refractivity contribution >= 4 is 17.7 Å². The van der Waals surface area contributed by atoms with Crippen LogP contribution in [0.1, 0.15) is 5.56 Å². The summed E-state index contributed by atoms with van der Waals surface area (Å²) in [6.45, 7) is 3.41. The summed E-state index contributed by atoms with van der Waals surface area (Å²) in [4.78, 5) is 0. The number of rotatable bonds is 2. The molecule has 0 spiro atoms. The number of halogens is 4. The minimum atomic E-state index is -4.69. The van der Waals surface area contributed by atoms with Crippen LogP contribution in [0.4, 0.5) is 13.2 Å². The largest absolute Gasteiger partial charge is 0.573 e. The van der Waals surface area contributed by atoms with Crippen LogP contribution in [0.15, 0.2) is 24.8 Å². The van der Waals surface area contributed by atoms with Gasteiger partial charge in [0.25, 0.3) is 0 Å². The van der Waals surface area contributed by atoms with Crippen molar-refractivity contribution < 1.29 is 17.9 Å². The maximum Gasteiger partial charge on any atom is 0.573 e. The van der Waals surface area contributed by atoms with Gasteiger partial charge in [-0.1, -0.05) is 24.3 Å². The molecule has 0 radical (unpaired) electrons. The van der Waals surface area contributed by atoms with Crippen molar-refractivity contribution in [2.45, 2.75) is 6.36 Å². The van der Waals surface area contributed by atoms with Crippen molar-refractivity contribution in [3.63, 3.8) is 0 Å². The van der Waals surface area contributed by atoms with Gasteiger partial charge in [-0.25, -0.2) is 0 Å². The highest BCUT2D eigenvalue weighted by molar-refractivity contribution is 6.32. The zero-order valence-corrected chi connectivity index (χ0v) is 7.69. The second-order valence-electron chi connectivity index (χ2n) is 2.44. The van der Waals surface area contributed by atoms with E-state index in [2.05, 4.69) is 11.3 Å². The molecule has 0 aliphatic heterocycles. The fourth-order valence-corrected chi connectivity index (χ4v) is 1.07. The van der Waals surface area contributed by atoms with Crippen LogP contribution < -0.4 is 4.74 Å². The van der Waals surface area contributed by atoms with Crippen molar-refractivity contribution in [1.82, 2.24) is 0 Å². The summed E-state index contributed by atoms with van der Waals surface area (Å²) in [5, 5.41) is 0.328. The Morgan fingerprint density at radius 2 is 2.00 bits per heavy atom. The fraction of sp³-hybridized carbons (Fsp3) is 0.111. The van der Waals surface area contributed by atoms with Crippen molar-refractivity contribution in [1.29, 1.82) is 0 Å². The van der Waals surface area contributed by atoms with E-state index >= 15 is 0 Å². The Hall–Kier alpha value is -1.16. The van der Waals surface area contributed by atoms with Crippen LogP contribution in [0.5, 0.6) is 5.75 Å². The molecule has 0 amide bonds. The first kappa shape index (κ1) is 10.9. The molecule has 0 saturated heterocycles. The summed E-state index contributed by atoms with van der Waals surface area (Å²) in [6.07, 6.45) is -3.34. The second-order valence-corrected chi connectivity index (χ2v) is 2.84. The van der Waals surface area contributed by atoms with Gasteiger partial charge in [-0.05, 0) is 23.8 Å². The van der Waals surface area contributed by atoms with E-state index < -0.39 is 6.36 Å². The molecule has 0 aliphatic carbocycles. The SMILES string of the molecule is C=Cc1cc(OC(F)(F)F)ccc1Cl. The molecule has 76 valence electrons. The summed E-state index contributed by atoms with van der Waals surface area (Å²) < 4.78 is 39.1. The maximum absolute atomic E-state index is 11.8. The normalized spacial score (nSPS) is 11.1. The Bertz CT molecular complexity index is 346. The highest BCUT2D eigenvalue weighted by Crippen LogP contribution is 2.27. The van der Waals surface area contributed by atoms with Gasteiger partial charge in [0.05, 0.1) is 0 Å². The van der Waals surface area contributed by atoms with E-state index in [-0.39, 0.29) is 5.75 Å². The van der Waals surface area contributed by atoms with Crippen LogP contribution >= 0.6 is 11.6 Å². The predicted octanol–water partition coefficient (Wildman–Crippen LogP) is 3.88. The van der Waals surface area contributed by atoms with Gasteiger partial charge >= 0.3 is 6.36 Å². The van der Waals surface area contributed by atoms with Gasteiger partial charge in [0.2, 0.25) is 0 Å². The molecule has 5 heteroatoms. The lowest BCUT2D eigenvalue weighted by atomic mass is 10.2. The molecule has 1 rings (SSSR count). The lowest BCUT2D eigenvalue weighted by molar-refractivity contribution is -0.274. The monoisotopic (exact) mass is 222 g/mol. The second kappa shape index (κ2) is 3.92. The molecule has 1 aromatic rings. The molecule has 0 saturated carbocycles. The molecule has 0 atom stereocenters. The van der Waals surface area contributed by atoms with Gasteiger partial charge in [0, 0.05) is 5.02 Å².